The summed E-state index contributed by atoms with van der Waals surface area (Å²) in [4.78, 5) is 21.7. The topological polar surface area (TPSA) is 69.5 Å². The zero-order valence-corrected chi connectivity index (χ0v) is 19.0. The van der Waals surface area contributed by atoms with E-state index in [1.54, 1.807) is 27.2 Å². The predicted molar refractivity (Wildman–Crippen MR) is 119 cm³/mol. The molecule has 0 spiro atoms. The second-order valence-corrected chi connectivity index (χ2v) is 7.36. The monoisotopic (exact) mass is 464 g/mol. The van der Waals surface area contributed by atoms with Gasteiger partial charge in [0, 0.05) is 25.3 Å². The van der Waals surface area contributed by atoms with Crippen molar-refractivity contribution in [3.05, 3.63) is 70.3 Å². The molecule has 6 nitrogen and oxygen atoms in total. The van der Waals surface area contributed by atoms with E-state index in [-0.39, 0.29) is 12.3 Å². The number of carbonyl (C=O) groups is 1. The lowest BCUT2D eigenvalue weighted by Crippen LogP contribution is -2.10. The summed E-state index contributed by atoms with van der Waals surface area (Å²) in [5.41, 5.74) is 2.42. The smallest absolute Gasteiger partial charge is 0.399 e. The molecule has 0 radical (unpaired) electrons. The van der Waals surface area contributed by atoms with E-state index in [2.05, 4.69) is 15.0 Å². The Labute approximate surface area is 191 Å². The van der Waals surface area contributed by atoms with Crippen LogP contribution in [0.4, 0.5) is 13.2 Å². The quantitative estimate of drug-likeness (QED) is 0.301. The van der Waals surface area contributed by atoms with E-state index < -0.39 is 11.7 Å². The predicted octanol–water partition coefficient (Wildman–Crippen LogP) is 5.34. The molecule has 0 aromatic heterocycles. The van der Waals surface area contributed by atoms with E-state index in [1.807, 2.05) is 12.1 Å². The lowest BCUT2D eigenvalue weighted by molar-refractivity contribution is -0.137. The van der Waals surface area contributed by atoms with Crippen LogP contribution in [0.15, 0.2) is 52.8 Å². The maximum Gasteiger partial charge on any atom is 0.416 e. The van der Waals surface area contributed by atoms with E-state index in [9.17, 15) is 18.0 Å². The number of oxime groups is 2. The number of ether oxygens (including phenoxy) is 1. The van der Waals surface area contributed by atoms with Gasteiger partial charge in [-0.05, 0) is 48.9 Å². The van der Waals surface area contributed by atoms with Crippen molar-refractivity contribution in [3.63, 3.8) is 0 Å². The molecule has 178 valence electrons. The van der Waals surface area contributed by atoms with Crippen LogP contribution in [0.25, 0.3) is 0 Å². The van der Waals surface area contributed by atoms with E-state index in [1.165, 1.54) is 19.2 Å². The first-order chi connectivity index (χ1) is 15.8. The van der Waals surface area contributed by atoms with E-state index in [0.29, 0.717) is 29.0 Å². The summed E-state index contributed by atoms with van der Waals surface area (Å²) >= 11 is 0. The molecule has 9 heteroatoms. The number of hydrogen-bond acceptors (Lipinski definition) is 6. The molecular weight excluding hydrogens is 437 g/mol. The van der Waals surface area contributed by atoms with Crippen LogP contribution in [0, 0.1) is 0 Å². The second kappa shape index (κ2) is 12.2. The van der Waals surface area contributed by atoms with Crippen LogP contribution in [0.1, 0.15) is 53.5 Å². The lowest BCUT2D eigenvalue weighted by atomic mass is 9.96. The largest absolute Gasteiger partial charge is 0.416 e. The minimum Gasteiger partial charge on any atom is -0.399 e. The average molecular weight is 464 g/mol. The zero-order valence-electron chi connectivity index (χ0n) is 19.0. The maximum atomic E-state index is 12.9. The minimum atomic E-state index is -4.43. The van der Waals surface area contributed by atoms with Crippen molar-refractivity contribution in [2.75, 3.05) is 21.3 Å². The molecule has 1 fully saturated rings. The number of nitrogens with zero attached hydrogens (tertiary/aromatic N) is 2. The van der Waals surface area contributed by atoms with Gasteiger partial charge in [-0.1, -0.05) is 40.6 Å². The molecule has 0 atom stereocenters. The molecule has 0 amide bonds. The molecular formula is C24H27F3N2O4. The summed E-state index contributed by atoms with van der Waals surface area (Å²) in [7, 11) is 4.60. The first kappa shape index (κ1) is 26.1. The van der Waals surface area contributed by atoms with Gasteiger partial charge in [-0.15, -0.1) is 0 Å². The molecule has 3 rings (SSSR count). The molecule has 0 aliphatic heterocycles. The van der Waals surface area contributed by atoms with Gasteiger partial charge in [0.1, 0.15) is 19.4 Å². The Kier molecular flexibility index (Phi) is 9.59. The molecule has 0 N–H and O–H groups in total. The van der Waals surface area contributed by atoms with Crippen molar-refractivity contribution in [3.8, 4) is 0 Å². The molecule has 2 aromatic carbocycles. The fourth-order valence-corrected chi connectivity index (χ4v) is 3.18. The van der Waals surface area contributed by atoms with E-state index >= 15 is 0 Å². The summed E-state index contributed by atoms with van der Waals surface area (Å²) in [5, 5.41) is 7.76. The van der Waals surface area contributed by atoms with Crippen LogP contribution in [0.5, 0.6) is 0 Å². The van der Waals surface area contributed by atoms with Gasteiger partial charge in [0.2, 0.25) is 0 Å². The summed E-state index contributed by atoms with van der Waals surface area (Å²) in [6.07, 6.45) is -1.74. The first-order valence-electron chi connectivity index (χ1n) is 10.2. The van der Waals surface area contributed by atoms with Crippen LogP contribution in [0.3, 0.4) is 0 Å². The van der Waals surface area contributed by atoms with Crippen molar-refractivity contribution in [1.82, 2.24) is 0 Å². The Morgan fingerprint density at radius 1 is 1.09 bits per heavy atom. The molecule has 1 saturated carbocycles. The summed E-state index contributed by atoms with van der Waals surface area (Å²) < 4.78 is 43.0. The van der Waals surface area contributed by atoms with Gasteiger partial charge in [0.25, 0.3) is 0 Å². The summed E-state index contributed by atoms with van der Waals surface area (Å²) in [6, 6.07) is 10.5. The zero-order chi connectivity index (χ0) is 24.4. The SMILES string of the molecule is CO/N=C(/C=O)c1cccc(C2CC2)c1CO/N=C(\C)c1cccc(C(F)(F)F)c1.COC. The third-order valence-corrected chi connectivity index (χ3v) is 4.82. The van der Waals surface area contributed by atoms with Crippen LogP contribution in [-0.4, -0.2) is 39.0 Å². The minimum absolute atomic E-state index is 0.0505. The van der Waals surface area contributed by atoms with Crippen molar-refractivity contribution in [2.45, 2.75) is 38.5 Å². The highest BCUT2D eigenvalue weighted by Crippen LogP contribution is 2.42. The lowest BCUT2D eigenvalue weighted by Gasteiger charge is -2.13. The summed E-state index contributed by atoms with van der Waals surface area (Å²) in [5.74, 6) is 0.382. The van der Waals surface area contributed by atoms with Crippen molar-refractivity contribution < 1.29 is 32.4 Å². The Balaban J connectivity index is 0.00000122. The number of methoxy groups -OCH3 is 1. The number of rotatable bonds is 8. The van der Waals surface area contributed by atoms with Crippen molar-refractivity contribution >= 4 is 17.7 Å². The molecule has 2 aromatic rings. The van der Waals surface area contributed by atoms with Gasteiger partial charge in [0.05, 0.1) is 11.3 Å². The van der Waals surface area contributed by atoms with Gasteiger partial charge >= 0.3 is 6.18 Å². The van der Waals surface area contributed by atoms with Crippen molar-refractivity contribution in [2.24, 2.45) is 10.3 Å². The molecule has 1 aliphatic carbocycles. The van der Waals surface area contributed by atoms with Gasteiger partial charge in [0.15, 0.2) is 6.29 Å². The maximum absolute atomic E-state index is 12.9. The Hall–Kier alpha value is -3.20. The molecule has 33 heavy (non-hydrogen) atoms. The number of benzene rings is 2. The van der Waals surface area contributed by atoms with Crippen LogP contribution in [-0.2, 0) is 32.0 Å². The molecule has 0 saturated heterocycles. The molecule has 0 unspecified atom stereocenters. The fourth-order valence-electron chi connectivity index (χ4n) is 3.18. The van der Waals surface area contributed by atoms with Crippen LogP contribution < -0.4 is 0 Å². The average Bonchev–Trinajstić information content (AvgIpc) is 3.63. The standard InChI is InChI=1S/C22H21F3N2O3.C2H6O/c1-14(16-5-3-6-17(11-16)22(23,24)25)26-30-13-20-18(15-9-10-15)7-4-8-19(20)21(12-28)27-29-2;1-3-2/h3-8,11-12,15H,9-10,13H2,1-2H3;1-2H3/b26-14+,27-21-;. The summed E-state index contributed by atoms with van der Waals surface area (Å²) in [6.45, 7) is 1.63. The number of hydrogen-bond donors (Lipinski definition) is 0. The third kappa shape index (κ3) is 7.42. The van der Waals surface area contributed by atoms with Gasteiger partial charge in [-0.25, -0.2) is 0 Å². The van der Waals surface area contributed by atoms with E-state index in [0.717, 1.165) is 36.1 Å². The third-order valence-electron chi connectivity index (χ3n) is 4.82. The van der Waals surface area contributed by atoms with Gasteiger partial charge in [-0.3, -0.25) is 4.79 Å². The highest BCUT2D eigenvalue weighted by molar-refractivity contribution is 6.36. The van der Waals surface area contributed by atoms with Crippen LogP contribution >= 0.6 is 0 Å². The Bertz CT molecular complexity index is 999. The normalized spacial score (nSPS) is 14.3. The van der Waals surface area contributed by atoms with Gasteiger partial charge < -0.3 is 14.4 Å². The number of alkyl halides is 3. The van der Waals surface area contributed by atoms with E-state index in [4.69, 9.17) is 9.68 Å². The number of aldehydes is 1. The number of carbonyl (C=O) groups excluding carboxylic acids is 1. The van der Waals surface area contributed by atoms with Crippen LogP contribution in [0.2, 0.25) is 0 Å². The number of halogens is 3. The Morgan fingerprint density at radius 2 is 1.76 bits per heavy atom. The molecule has 0 bridgehead atoms. The Morgan fingerprint density at radius 3 is 2.33 bits per heavy atom. The highest BCUT2D eigenvalue weighted by atomic mass is 19.4. The second-order valence-electron chi connectivity index (χ2n) is 7.36. The molecule has 1 aliphatic rings. The first-order valence-corrected chi connectivity index (χ1v) is 10.2. The molecule has 0 heterocycles. The van der Waals surface area contributed by atoms with Gasteiger partial charge in [-0.2, -0.15) is 13.2 Å². The van der Waals surface area contributed by atoms with Crippen molar-refractivity contribution in [1.29, 1.82) is 0 Å². The fraction of sp³-hybridized carbons (Fsp3) is 0.375. The highest BCUT2D eigenvalue weighted by Gasteiger charge is 2.30.